The molecule has 2 aromatic rings. The highest BCUT2D eigenvalue weighted by molar-refractivity contribution is 5.88. The molecule has 0 unspecified atom stereocenters. The minimum atomic E-state index is -1.36. The maximum atomic E-state index is 13.4. The molecule has 20 heavy (non-hydrogen) atoms. The van der Waals surface area contributed by atoms with Crippen molar-refractivity contribution in [3.05, 3.63) is 58.0 Å². The molecule has 2 rings (SSSR count). The second-order valence-electron chi connectivity index (χ2n) is 3.78. The van der Waals surface area contributed by atoms with Gasteiger partial charge in [0.25, 0.3) is 5.69 Å². The summed E-state index contributed by atoms with van der Waals surface area (Å²) < 4.78 is 13.4. The standard InChI is InChI=1S/C12H8FN3O4/c13-10-5-7(1-3-9(10)12(17)18)15-11-4-2-8(6-14-11)16(19)20/h1-6H,(H,14,15)(H,17,18). The van der Waals surface area contributed by atoms with Crippen molar-refractivity contribution in [3.63, 3.8) is 0 Å². The molecule has 8 heteroatoms. The summed E-state index contributed by atoms with van der Waals surface area (Å²) in [5.41, 5.74) is -0.316. The van der Waals surface area contributed by atoms with Crippen molar-refractivity contribution in [2.45, 2.75) is 0 Å². The SMILES string of the molecule is O=C(O)c1ccc(Nc2ccc([N+](=O)[O-])cn2)cc1F. The largest absolute Gasteiger partial charge is 0.478 e. The average molecular weight is 277 g/mol. The lowest BCUT2D eigenvalue weighted by Gasteiger charge is -2.06. The smallest absolute Gasteiger partial charge is 0.338 e. The monoisotopic (exact) mass is 277 g/mol. The van der Waals surface area contributed by atoms with Crippen molar-refractivity contribution < 1.29 is 19.2 Å². The van der Waals surface area contributed by atoms with Crippen LogP contribution in [0.2, 0.25) is 0 Å². The Morgan fingerprint density at radius 2 is 2.10 bits per heavy atom. The van der Waals surface area contributed by atoms with E-state index in [0.29, 0.717) is 0 Å². The number of nitrogens with zero attached hydrogens (tertiary/aromatic N) is 2. The van der Waals surface area contributed by atoms with Gasteiger partial charge in [0, 0.05) is 11.8 Å². The number of anilines is 2. The van der Waals surface area contributed by atoms with Crippen molar-refractivity contribution in [1.82, 2.24) is 4.98 Å². The zero-order valence-corrected chi connectivity index (χ0v) is 9.91. The summed E-state index contributed by atoms with van der Waals surface area (Å²) >= 11 is 0. The molecule has 1 aromatic heterocycles. The van der Waals surface area contributed by atoms with E-state index in [0.717, 1.165) is 18.3 Å². The summed E-state index contributed by atoms with van der Waals surface area (Å²) in [4.78, 5) is 24.3. The number of pyridine rings is 1. The summed E-state index contributed by atoms with van der Waals surface area (Å²) in [7, 11) is 0. The highest BCUT2D eigenvalue weighted by Gasteiger charge is 2.11. The van der Waals surface area contributed by atoms with E-state index in [2.05, 4.69) is 10.3 Å². The van der Waals surface area contributed by atoms with E-state index in [-0.39, 0.29) is 17.2 Å². The van der Waals surface area contributed by atoms with Gasteiger partial charge in [0.1, 0.15) is 17.8 Å². The van der Waals surface area contributed by atoms with Crippen molar-refractivity contribution in [3.8, 4) is 0 Å². The van der Waals surface area contributed by atoms with Crippen molar-refractivity contribution in [1.29, 1.82) is 0 Å². The van der Waals surface area contributed by atoms with Crippen LogP contribution in [-0.2, 0) is 0 Å². The van der Waals surface area contributed by atoms with Gasteiger partial charge in [-0.3, -0.25) is 10.1 Å². The fourth-order valence-electron chi connectivity index (χ4n) is 1.48. The number of rotatable bonds is 4. The number of aromatic carboxylic acids is 1. The Kier molecular flexibility index (Phi) is 3.56. The van der Waals surface area contributed by atoms with E-state index in [1.807, 2.05) is 0 Å². The van der Waals surface area contributed by atoms with Crippen LogP contribution in [0.1, 0.15) is 10.4 Å². The predicted octanol–water partition coefficient (Wildman–Crippen LogP) is 2.57. The molecule has 0 radical (unpaired) electrons. The first-order valence-electron chi connectivity index (χ1n) is 5.37. The maximum absolute atomic E-state index is 13.4. The Balaban J connectivity index is 2.19. The van der Waals surface area contributed by atoms with Gasteiger partial charge in [-0.2, -0.15) is 0 Å². The fraction of sp³-hybridized carbons (Fsp3) is 0. The number of hydrogen-bond donors (Lipinski definition) is 2. The number of nitro groups is 1. The van der Waals surface area contributed by atoms with Crippen LogP contribution in [0.3, 0.4) is 0 Å². The lowest BCUT2D eigenvalue weighted by Crippen LogP contribution is -2.01. The van der Waals surface area contributed by atoms with Crippen LogP contribution < -0.4 is 5.32 Å². The molecule has 102 valence electrons. The van der Waals surface area contributed by atoms with E-state index in [1.54, 1.807) is 0 Å². The number of halogens is 1. The Morgan fingerprint density at radius 1 is 1.35 bits per heavy atom. The van der Waals surface area contributed by atoms with E-state index >= 15 is 0 Å². The van der Waals surface area contributed by atoms with Crippen molar-refractivity contribution in [2.24, 2.45) is 0 Å². The van der Waals surface area contributed by atoms with E-state index in [4.69, 9.17) is 5.11 Å². The molecule has 0 saturated heterocycles. The molecule has 0 amide bonds. The van der Waals surface area contributed by atoms with Crippen LogP contribution in [0.25, 0.3) is 0 Å². The van der Waals surface area contributed by atoms with Crippen LogP contribution in [0.4, 0.5) is 21.6 Å². The van der Waals surface area contributed by atoms with Gasteiger partial charge in [-0.15, -0.1) is 0 Å². The van der Waals surface area contributed by atoms with Gasteiger partial charge < -0.3 is 10.4 Å². The van der Waals surface area contributed by atoms with Gasteiger partial charge in [0.2, 0.25) is 0 Å². The Bertz CT molecular complexity index is 673. The maximum Gasteiger partial charge on any atom is 0.338 e. The molecule has 0 spiro atoms. The molecule has 0 aliphatic rings. The lowest BCUT2D eigenvalue weighted by atomic mass is 10.2. The quantitative estimate of drug-likeness (QED) is 0.657. The summed E-state index contributed by atoms with van der Waals surface area (Å²) in [6, 6.07) is 6.10. The number of carboxylic acids is 1. The van der Waals surface area contributed by atoms with Crippen LogP contribution in [0.5, 0.6) is 0 Å². The summed E-state index contributed by atoms with van der Waals surface area (Å²) in [6.45, 7) is 0. The third kappa shape index (κ3) is 2.86. The van der Waals surface area contributed by atoms with Crippen molar-refractivity contribution in [2.75, 3.05) is 5.32 Å². The number of carbonyl (C=O) groups is 1. The highest BCUT2D eigenvalue weighted by Crippen LogP contribution is 2.19. The van der Waals surface area contributed by atoms with Crippen LogP contribution in [0.15, 0.2) is 36.5 Å². The van der Waals surface area contributed by atoms with Gasteiger partial charge in [-0.05, 0) is 24.3 Å². The fourth-order valence-corrected chi connectivity index (χ4v) is 1.48. The number of carboxylic acid groups (broad SMARTS) is 1. The van der Waals surface area contributed by atoms with Crippen LogP contribution in [-0.4, -0.2) is 21.0 Å². The molecule has 0 aliphatic heterocycles. The summed E-state index contributed by atoms with van der Waals surface area (Å²) in [5.74, 6) is -1.97. The summed E-state index contributed by atoms with van der Waals surface area (Å²) in [5, 5.41) is 21.9. The first kappa shape index (κ1) is 13.4. The van der Waals surface area contributed by atoms with Gasteiger partial charge >= 0.3 is 5.97 Å². The minimum absolute atomic E-state index is 0.164. The Morgan fingerprint density at radius 3 is 2.60 bits per heavy atom. The Hall–Kier alpha value is -3.03. The van der Waals surface area contributed by atoms with Gasteiger partial charge in [-0.25, -0.2) is 14.2 Å². The molecule has 1 heterocycles. The third-order valence-electron chi connectivity index (χ3n) is 2.43. The molecule has 0 bridgehead atoms. The first-order chi connectivity index (χ1) is 9.47. The van der Waals surface area contributed by atoms with E-state index in [9.17, 15) is 19.3 Å². The molecule has 0 saturated carbocycles. The summed E-state index contributed by atoms with van der Waals surface area (Å²) in [6.07, 6.45) is 1.06. The molecular formula is C12H8FN3O4. The topological polar surface area (TPSA) is 105 Å². The predicted molar refractivity (Wildman–Crippen MR) is 67.5 cm³/mol. The number of aromatic nitrogens is 1. The first-order valence-corrected chi connectivity index (χ1v) is 5.37. The van der Waals surface area contributed by atoms with Crippen LogP contribution >= 0.6 is 0 Å². The normalized spacial score (nSPS) is 10.1. The third-order valence-corrected chi connectivity index (χ3v) is 2.43. The number of nitrogens with one attached hydrogen (secondary N) is 1. The second-order valence-corrected chi connectivity index (χ2v) is 3.78. The van der Waals surface area contributed by atoms with Crippen LogP contribution in [0, 0.1) is 15.9 Å². The average Bonchev–Trinajstić information content (AvgIpc) is 2.39. The van der Waals surface area contributed by atoms with Gasteiger partial charge in [0.15, 0.2) is 0 Å². The second kappa shape index (κ2) is 5.31. The number of hydrogen-bond acceptors (Lipinski definition) is 5. The van der Waals surface area contributed by atoms with Gasteiger partial charge in [0.05, 0.1) is 10.5 Å². The molecule has 7 nitrogen and oxygen atoms in total. The number of benzene rings is 1. The zero-order valence-electron chi connectivity index (χ0n) is 9.91. The van der Waals surface area contributed by atoms with Crippen molar-refractivity contribution >= 4 is 23.2 Å². The molecule has 0 fully saturated rings. The lowest BCUT2D eigenvalue weighted by molar-refractivity contribution is -0.385. The minimum Gasteiger partial charge on any atom is -0.478 e. The molecule has 0 aliphatic carbocycles. The molecule has 0 atom stereocenters. The van der Waals surface area contributed by atoms with E-state index in [1.165, 1.54) is 18.2 Å². The molecule has 1 aromatic carbocycles. The molecule has 2 N–H and O–H groups in total. The zero-order chi connectivity index (χ0) is 14.7. The Labute approximate surface area is 111 Å². The van der Waals surface area contributed by atoms with E-state index < -0.39 is 22.3 Å². The highest BCUT2D eigenvalue weighted by atomic mass is 19.1. The molecular weight excluding hydrogens is 269 g/mol. The van der Waals surface area contributed by atoms with Gasteiger partial charge in [-0.1, -0.05) is 0 Å².